The molecule has 10 aromatic rings. The minimum atomic E-state index is 0.919. The average Bonchev–Trinajstić information content (AvgIpc) is 3.54. The fraction of sp³-hybridized carbons (Fsp3) is 0. The van der Waals surface area contributed by atoms with Gasteiger partial charge in [-0.2, -0.15) is 0 Å². The molecule has 47 heavy (non-hydrogen) atoms. The third-order valence-corrected chi connectivity index (χ3v) is 9.82. The SMILES string of the molecule is c1ccc(-c2ccc3cc(-c4c5ccccc5c(-c5cccc6c5oc5ccc7ccccc7c56)c5ccccc45)ccc3c2)cc1. The zero-order valence-electron chi connectivity index (χ0n) is 25.6. The van der Waals surface area contributed by atoms with Crippen LogP contribution in [0.15, 0.2) is 174 Å². The van der Waals surface area contributed by atoms with Crippen LogP contribution in [-0.4, -0.2) is 0 Å². The zero-order chi connectivity index (χ0) is 30.9. The van der Waals surface area contributed by atoms with E-state index in [2.05, 4.69) is 170 Å². The summed E-state index contributed by atoms with van der Waals surface area (Å²) < 4.78 is 6.75. The predicted octanol–water partition coefficient (Wildman–Crippen LogP) is 13.2. The quantitative estimate of drug-likeness (QED) is 0.185. The van der Waals surface area contributed by atoms with E-state index < -0.39 is 0 Å². The van der Waals surface area contributed by atoms with Gasteiger partial charge in [0.05, 0.1) is 0 Å². The molecule has 1 heterocycles. The Morgan fingerprint density at radius 1 is 0.319 bits per heavy atom. The van der Waals surface area contributed by atoms with Gasteiger partial charge in [-0.3, -0.25) is 0 Å². The smallest absolute Gasteiger partial charge is 0.143 e. The molecule has 0 radical (unpaired) electrons. The van der Waals surface area contributed by atoms with E-state index in [-0.39, 0.29) is 0 Å². The summed E-state index contributed by atoms with van der Waals surface area (Å²) in [6, 6.07) is 61.5. The van der Waals surface area contributed by atoms with Crippen LogP contribution in [0.3, 0.4) is 0 Å². The first-order valence-electron chi connectivity index (χ1n) is 16.2. The third-order valence-electron chi connectivity index (χ3n) is 9.82. The maximum Gasteiger partial charge on any atom is 0.143 e. The van der Waals surface area contributed by atoms with Gasteiger partial charge in [0.25, 0.3) is 0 Å². The molecule has 0 atom stereocenters. The molecule has 0 aliphatic carbocycles. The molecule has 0 amide bonds. The van der Waals surface area contributed by atoms with E-state index in [0.29, 0.717) is 0 Å². The van der Waals surface area contributed by atoms with E-state index in [1.807, 2.05) is 0 Å². The van der Waals surface area contributed by atoms with Crippen LogP contribution < -0.4 is 0 Å². The van der Waals surface area contributed by atoms with Gasteiger partial charge in [0.2, 0.25) is 0 Å². The molecule has 0 N–H and O–H groups in total. The zero-order valence-corrected chi connectivity index (χ0v) is 25.6. The molecule has 0 saturated heterocycles. The molecule has 0 unspecified atom stereocenters. The van der Waals surface area contributed by atoms with Crippen LogP contribution >= 0.6 is 0 Å². The summed E-state index contributed by atoms with van der Waals surface area (Å²) >= 11 is 0. The molecule has 218 valence electrons. The van der Waals surface area contributed by atoms with Crippen LogP contribution in [0.5, 0.6) is 0 Å². The summed E-state index contributed by atoms with van der Waals surface area (Å²) in [5.41, 5.74) is 9.13. The van der Waals surface area contributed by atoms with E-state index >= 15 is 0 Å². The Balaban J connectivity index is 1.24. The standard InChI is InChI=1S/C46H28O/c1-2-11-29(12-3-1)31-21-22-33-28-34(24-23-32(33)27-31)43-36-15-6-8-17-38(36)44(39-18-9-7-16-37(39)43)40-19-10-20-41-45-35-14-5-4-13-30(35)25-26-42(45)47-46(40)41/h1-28H. The van der Waals surface area contributed by atoms with Gasteiger partial charge in [0.15, 0.2) is 0 Å². The van der Waals surface area contributed by atoms with Gasteiger partial charge in [0, 0.05) is 21.9 Å². The van der Waals surface area contributed by atoms with Crippen molar-refractivity contribution in [3.63, 3.8) is 0 Å². The molecule has 0 aliphatic heterocycles. The van der Waals surface area contributed by atoms with E-state index in [0.717, 1.165) is 22.1 Å². The lowest BCUT2D eigenvalue weighted by molar-refractivity contribution is 0.670. The Labute approximate surface area is 271 Å². The molecule has 1 aromatic heterocycles. The first kappa shape index (κ1) is 26.1. The second-order valence-corrected chi connectivity index (χ2v) is 12.4. The van der Waals surface area contributed by atoms with Crippen molar-refractivity contribution < 1.29 is 4.42 Å². The van der Waals surface area contributed by atoms with Crippen molar-refractivity contribution in [2.45, 2.75) is 0 Å². The first-order chi connectivity index (χ1) is 23.3. The van der Waals surface area contributed by atoms with E-state index in [1.165, 1.54) is 76.3 Å². The molecule has 0 saturated carbocycles. The summed E-state index contributed by atoms with van der Waals surface area (Å²) in [7, 11) is 0. The highest BCUT2D eigenvalue weighted by atomic mass is 16.3. The van der Waals surface area contributed by atoms with Crippen LogP contribution in [-0.2, 0) is 0 Å². The lowest BCUT2D eigenvalue weighted by Gasteiger charge is -2.18. The van der Waals surface area contributed by atoms with Crippen LogP contribution in [0.4, 0.5) is 0 Å². The third kappa shape index (κ3) is 3.97. The van der Waals surface area contributed by atoms with Gasteiger partial charge in [0.1, 0.15) is 11.2 Å². The summed E-state index contributed by atoms with van der Waals surface area (Å²) in [4.78, 5) is 0. The molecule has 1 heteroatoms. The number of rotatable bonds is 3. The van der Waals surface area contributed by atoms with Crippen LogP contribution in [0.1, 0.15) is 0 Å². The summed E-state index contributed by atoms with van der Waals surface area (Å²) in [5.74, 6) is 0. The second kappa shape index (κ2) is 10.2. The molecule has 0 fully saturated rings. The second-order valence-electron chi connectivity index (χ2n) is 12.4. The maximum absolute atomic E-state index is 6.75. The Morgan fingerprint density at radius 2 is 0.872 bits per heavy atom. The van der Waals surface area contributed by atoms with Crippen LogP contribution in [0, 0.1) is 0 Å². The van der Waals surface area contributed by atoms with Crippen LogP contribution in [0.2, 0.25) is 0 Å². The summed E-state index contributed by atoms with van der Waals surface area (Å²) in [5, 5.41) is 12.2. The first-order valence-corrected chi connectivity index (χ1v) is 16.2. The normalized spacial score (nSPS) is 11.8. The number of hydrogen-bond donors (Lipinski definition) is 0. The van der Waals surface area contributed by atoms with Crippen molar-refractivity contribution in [3.05, 3.63) is 170 Å². The highest BCUT2D eigenvalue weighted by Crippen LogP contribution is 2.47. The topological polar surface area (TPSA) is 13.1 Å². The number of benzene rings is 9. The van der Waals surface area contributed by atoms with Crippen LogP contribution in [0.25, 0.3) is 98.4 Å². The number of para-hydroxylation sites is 1. The minimum Gasteiger partial charge on any atom is -0.455 e. The van der Waals surface area contributed by atoms with Crippen molar-refractivity contribution in [3.8, 4) is 33.4 Å². The lowest BCUT2D eigenvalue weighted by Crippen LogP contribution is -1.91. The number of hydrogen-bond acceptors (Lipinski definition) is 1. The highest BCUT2D eigenvalue weighted by molar-refractivity contribution is 6.26. The molecular weight excluding hydrogens is 569 g/mol. The average molecular weight is 597 g/mol. The van der Waals surface area contributed by atoms with Gasteiger partial charge >= 0.3 is 0 Å². The molecule has 0 aliphatic rings. The van der Waals surface area contributed by atoms with Gasteiger partial charge in [-0.05, 0) is 83.5 Å². The lowest BCUT2D eigenvalue weighted by atomic mass is 9.85. The van der Waals surface area contributed by atoms with Gasteiger partial charge in [-0.25, -0.2) is 0 Å². The number of fused-ring (bicyclic) bond motifs is 8. The molecule has 0 bridgehead atoms. The summed E-state index contributed by atoms with van der Waals surface area (Å²) in [6.07, 6.45) is 0. The fourth-order valence-corrected chi connectivity index (χ4v) is 7.71. The maximum atomic E-state index is 6.75. The Hall–Kier alpha value is -6.18. The van der Waals surface area contributed by atoms with E-state index in [1.54, 1.807) is 0 Å². The molecule has 9 aromatic carbocycles. The fourth-order valence-electron chi connectivity index (χ4n) is 7.71. The minimum absolute atomic E-state index is 0.919. The number of furan rings is 1. The van der Waals surface area contributed by atoms with Crippen molar-refractivity contribution >= 4 is 65.0 Å². The van der Waals surface area contributed by atoms with Gasteiger partial charge < -0.3 is 4.42 Å². The Kier molecular flexibility index (Phi) is 5.64. The Morgan fingerprint density at radius 3 is 1.60 bits per heavy atom. The Bertz CT molecular complexity index is 2780. The molecule has 10 rings (SSSR count). The molecule has 1 nitrogen and oxygen atoms in total. The largest absolute Gasteiger partial charge is 0.455 e. The molecule has 0 spiro atoms. The van der Waals surface area contributed by atoms with Gasteiger partial charge in [-0.1, -0.05) is 152 Å². The van der Waals surface area contributed by atoms with Gasteiger partial charge in [-0.15, -0.1) is 0 Å². The van der Waals surface area contributed by atoms with Crippen molar-refractivity contribution in [1.29, 1.82) is 0 Å². The molecular formula is C46H28O. The van der Waals surface area contributed by atoms with E-state index in [4.69, 9.17) is 4.42 Å². The van der Waals surface area contributed by atoms with Crippen molar-refractivity contribution in [1.82, 2.24) is 0 Å². The van der Waals surface area contributed by atoms with E-state index in [9.17, 15) is 0 Å². The predicted molar refractivity (Wildman–Crippen MR) is 200 cm³/mol. The highest BCUT2D eigenvalue weighted by Gasteiger charge is 2.21. The van der Waals surface area contributed by atoms with Crippen molar-refractivity contribution in [2.75, 3.05) is 0 Å². The summed E-state index contributed by atoms with van der Waals surface area (Å²) in [6.45, 7) is 0. The monoisotopic (exact) mass is 596 g/mol. The van der Waals surface area contributed by atoms with Crippen molar-refractivity contribution in [2.24, 2.45) is 0 Å².